The molecule has 0 radical (unpaired) electrons. The van der Waals surface area contributed by atoms with Crippen LogP contribution in [-0.4, -0.2) is 8.42 Å². The molecule has 0 atom stereocenters. The minimum atomic E-state index is -3.67. The first kappa shape index (κ1) is 13.6. The van der Waals surface area contributed by atoms with E-state index < -0.39 is 9.05 Å². The third-order valence-electron chi connectivity index (χ3n) is 2.63. The molecule has 5 heteroatoms. The molecular formula is C13H10BrClO2S. The predicted molar refractivity (Wildman–Crippen MR) is 77.4 cm³/mol. The molecule has 0 aliphatic heterocycles. The Bertz CT molecular complexity index is 679. The minimum Gasteiger partial charge on any atom is -0.207 e. The first-order valence-corrected chi connectivity index (χ1v) is 8.29. The van der Waals surface area contributed by atoms with E-state index in [1.54, 1.807) is 12.1 Å². The molecule has 0 unspecified atom stereocenters. The maximum Gasteiger partial charge on any atom is 0.261 e. The summed E-state index contributed by atoms with van der Waals surface area (Å²) in [6.07, 6.45) is 0. The van der Waals surface area contributed by atoms with E-state index in [4.69, 9.17) is 10.7 Å². The summed E-state index contributed by atoms with van der Waals surface area (Å²) >= 11 is 3.38. The van der Waals surface area contributed by atoms with Crippen LogP contribution < -0.4 is 0 Å². The molecule has 0 aliphatic rings. The van der Waals surface area contributed by atoms with Crippen molar-refractivity contribution in [3.63, 3.8) is 0 Å². The lowest BCUT2D eigenvalue weighted by Crippen LogP contribution is -1.92. The van der Waals surface area contributed by atoms with E-state index in [-0.39, 0.29) is 4.90 Å². The van der Waals surface area contributed by atoms with E-state index in [0.717, 1.165) is 21.2 Å². The molecule has 0 aliphatic carbocycles. The van der Waals surface area contributed by atoms with Gasteiger partial charge in [-0.15, -0.1) is 0 Å². The average Bonchev–Trinajstić information content (AvgIpc) is 2.29. The number of aryl methyl sites for hydroxylation is 1. The molecule has 0 fully saturated rings. The fourth-order valence-corrected chi connectivity index (χ4v) is 2.84. The zero-order valence-electron chi connectivity index (χ0n) is 9.52. The fourth-order valence-electron chi connectivity index (χ4n) is 1.74. The van der Waals surface area contributed by atoms with Crippen molar-refractivity contribution < 1.29 is 8.42 Å². The van der Waals surface area contributed by atoms with Crippen molar-refractivity contribution >= 4 is 35.7 Å². The number of rotatable bonds is 2. The molecule has 94 valence electrons. The van der Waals surface area contributed by atoms with Gasteiger partial charge in [0.2, 0.25) is 0 Å². The number of hydrogen-bond donors (Lipinski definition) is 0. The first-order chi connectivity index (χ1) is 8.38. The van der Waals surface area contributed by atoms with Gasteiger partial charge in [-0.05, 0) is 47.9 Å². The second-order valence-corrected chi connectivity index (χ2v) is 7.40. The van der Waals surface area contributed by atoms with Crippen LogP contribution in [0.3, 0.4) is 0 Å². The molecular weight excluding hydrogens is 336 g/mol. The van der Waals surface area contributed by atoms with Crippen LogP contribution in [0, 0.1) is 6.92 Å². The quantitative estimate of drug-likeness (QED) is 0.758. The van der Waals surface area contributed by atoms with Crippen LogP contribution in [0.25, 0.3) is 11.1 Å². The maximum atomic E-state index is 11.2. The smallest absolute Gasteiger partial charge is 0.207 e. The Balaban J connectivity index is 2.51. The zero-order valence-corrected chi connectivity index (χ0v) is 12.7. The summed E-state index contributed by atoms with van der Waals surface area (Å²) in [6, 6.07) is 12.7. The van der Waals surface area contributed by atoms with Crippen LogP contribution in [0.1, 0.15) is 5.56 Å². The third kappa shape index (κ3) is 2.94. The van der Waals surface area contributed by atoms with Crippen molar-refractivity contribution in [2.24, 2.45) is 0 Å². The number of benzene rings is 2. The summed E-state index contributed by atoms with van der Waals surface area (Å²) in [6.45, 7) is 1.86. The van der Waals surface area contributed by atoms with Crippen LogP contribution in [0.4, 0.5) is 0 Å². The SMILES string of the molecule is Cc1cc(S(=O)(=O)Cl)ccc1-c1ccc(Br)cc1. The topological polar surface area (TPSA) is 34.1 Å². The Labute approximate surface area is 119 Å². The monoisotopic (exact) mass is 344 g/mol. The number of hydrogen-bond acceptors (Lipinski definition) is 2. The number of halogens is 2. The molecule has 2 rings (SSSR count). The van der Waals surface area contributed by atoms with Gasteiger partial charge in [-0.2, -0.15) is 0 Å². The second kappa shape index (κ2) is 5.03. The molecule has 0 saturated carbocycles. The Morgan fingerprint density at radius 1 is 1.06 bits per heavy atom. The average molecular weight is 346 g/mol. The maximum absolute atomic E-state index is 11.2. The molecule has 2 aromatic carbocycles. The predicted octanol–water partition coefficient (Wildman–Crippen LogP) is 4.35. The largest absolute Gasteiger partial charge is 0.261 e. The van der Waals surface area contributed by atoms with E-state index in [9.17, 15) is 8.42 Å². The van der Waals surface area contributed by atoms with E-state index >= 15 is 0 Å². The van der Waals surface area contributed by atoms with Gasteiger partial charge in [0.1, 0.15) is 0 Å². The van der Waals surface area contributed by atoms with E-state index in [1.165, 1.54) is 6.07 Å². The van der Waals surface area contributed by atoms with Crippen LogP contribution >= 0.6 is 26.6 Å². The van der Waals surface area contributed by atoms with Gasteiger partial charge >= 0.3 is 0 Å². The highest BCUT2D eigenvalue weighted by Crippen LogP contribution is 2.27. The van der Waals surface area contributed by atoms with Crippen molar-refractivity contribution in [2.75, 3.05) is 0 Å². The van der Waals surface area contributed by atoms with E-state index in [2.05, 4.69) is 15.9 Å². The lowest BCUT2D eigenvalue weighted by molar-refractivity contribution is 0.609. The molecule has 0 aromatic heterocycles. The normalized spacial score (nSPS) is 11.5. The summed E-state index contributed by atoms with van der Waals surface area (Å²) in [5.74, 6) is 0. The van der Waals surface area contributed by atoms with Gasteiger partial charge in [-0.3, -0.25) is 0 Å². The molecule has 0 N–H and O–H groups in total. The molecule has 0 spiro atoms. The summed E-state index contributed by atoms with van der Waals surface area (Å²) in [5, 5.41) is 0. The summed E-state index contributed by atoms with van der Waals surface area (Å²) < 4.78 is 23.5. The van der Waals surface area contributed by atoms with Gasteiger partial charge in [0.05, 0.1) is 4.90 Å². The summed E-state index contributed by atoms with van der Waals surface area (Å²) in [7, 11) is 1.65. The molecule has 18 heavy (non-hydrogen) atoms. The highest BCUT2D eigenvalue weighted by Gasteiger charge is 2.11. The zero-order chi connectivity index (χ0) is 13.3. The Morgan fingerprint density at radius 2 is 1.67 bits per heavy atom. The van der Waals surface area contributed by atoms with Gasteiger partial charge in [0.15, 0.2) is 0 Å². The Hall–Kier alpha value is -0.840. The van der Waals surface area contributed by atoms with Gasteiger partial charge in [0, 0.05) is 15.2 Å². The molecule has 2 aromatic rings. The highest BCUT2D eigenvalue weighted by molar-refractivity contribution is 9.10. The van der Waals surface area contributed by atoms with Gasteiger partial charge in [0.25, 0.3) is 9.05 Å². The van der Waals surface area contributed by atoms with Gasteiger partial charge in [-0.25, -0.2) is 8.42 Å². The first-order valence-electron chi connectivity index (χ1n) is 5.19. The Morgan fingerprint density at radius 3 is 2.17 bits per heavy atom. The third-order valence-corrected chi connectivity index (χ3v) is 4.51. The van der Waals surface area contributed by atoms with Crippen molar-refractivity contribution in [2.45, 2.75) is 11.8 Å². The standard InChI is InChI=1S/C13H10BrClO2S/c1-9-8-12(18(15,16)17)6-7-13(9)10-2-4-11(14)5-3-10/h2-8H,1H3. The van der Waals surface area contributed by atoms with Crippen LogP contribution in [0.15, 0.2) is 51.8 Å². The van der Waals surface area contributed by atoms with Gasteiger partial charge < -0.3 is 0 Å². The van der Waals surface area contributed by atoms with Crippen molar-refractivity contribution in [1.82, 2.24) is 0 Å². The van der Waals surface area contributed by atoms with Crippen molar-refractivity contribution in [1.29, 1.82) is 0 Å². The summed E-state index contributed by atoms with van der Waals surface area (Å²) in [5.41, 5.74) is 2.90. The lowest BCUT2D eigenvalue weighted by Gasteiger charge is -2.07. The van der Waals surface area contributed by atoms with Crippen molar-refractivity contribution in [3.05, 3.63) is 52.5 Å². The molecule has 0 heterocycles. The molecule has 0 amide bonds. The van der Waals surface area contributed by atoms with Crippen LogP contribution in [0.2, 0.25) is 0 Å². The Kier molecular flexibility index (Phi) is 3.80. The van der Waals surface area contributed by atoms with Gasteiger partial charge in [-0.1, -0.05) is 34.1 Å². The van der Waals surface area contributed by atoms with Crippen LogP contribution in [0.5, 0.6) is 0 Å². The summed E-state index contributed by atoms with van der Waals surface area (Å²) in [4.78, 5) is 0.127. The minimum absolute atomic E-state index is 0.127. The van der Waals surface area contributed by atoms with Crippen LogP contribution in [-0.2, 0) is 9.05 Å². The van der Waals surface area contributed by atoms with E-state index in [0.29, 0.717) is 0 Å². The molecule has 0 saturated heterocycles. The van der Waals surface area contributed by atoms with E-state index in [1.807, 2.05) is 31.2 Å². The lowest BCUT2D eigenvalue weighted by atomic mass is 10.0. The molecule has 0 bridgehead atoms. The van der Waals surface area contributed by atoms with Crippen molar-refractivity contribution in [3.8, 4) is 11.1 Å². The molecule has 2 nitrogen and oxygen atoms in total. The highest BCUT2D eigenvalue weighted by atomic mass is 79.9. The second-order valence-electron chi connectivity index (χ2n) is 3.92. The fraction of sp³-hybridized carbons (Fsp3) is 0.0769.